The first-order valence-corrected chi connectivity index (χ1v) is 10.7. The Hall–Kier alpha value is -1.23. The van der Waals surface area contributed by atoms with Gasteiger partial charge in [-0.25, -0.2) is 13.4 Å². The number of hydrogen-bond acceptors (Lipinski definition) is 5. The van der Waals surface area contributed by atoms with Crippen LogP contribution in [0.25, 0.3) is 0 Å². The zero-order valence-corrected chi connectivity index (χ0v) is 16.9. The highest BCUT2D eigenvalue weighted by atomic mass is 32.2. The zero-order chi connectivity index (χ0) is 20.5. The summed E-state index contributed by atoms with van der Waals surface area (Å²) >= 11 is 0. The molecule has 156 valence electrons. The molecule has 0 saturated carbocycles. The van der Waals surface area contributed by atoms with E-state index in [1.165, 1.54) is 11.2 Å². The van der Waals surface area contributed by atoms with Crippen molar-refractivity contribution in [3.8, 4) is 0 Å². The van der Waals surface area contributed by atoms with Crippen LogP contribution in [0.15, 0.2) is 17.0 Å². The number of likely N-dealkylation sites (tertiary alicyclic amines) is 1. The Balaban J connectivity index is 1.41. The van der Waals surface area contributed by atoms with E-state index in [1.807, 2.05) is 0 Å². The molecule has 4 heterocycles. The summed E-state index contributed by atoms with van der Waals surface area (Å²) in [6.45, 7) is 9.63. The van der Waals surface area contributed by atoms with Crippen molar-refractivity contribution in [3.05, 3.63) is 23.5 Å². The van der Waals surface area contributed by atoms with Gasteiger partial charge in [-0.2, -0.15) is 17.5 Å². The van der Waals surface area contributed by atoms with Crippen molar-refractivity contribution in [1.29, 1.82) is 0 Å². The summed E-state index contributed by atoms with van der Waals surface area (Å²) in [7, 11) is -3.84. The van der Waals surface area contributed by atoms with Gasteiger partial charge >= 0.3 is 6.18 Å². The maximum Gasteiger partial charge on any atom is 0.433 e. The number of aromatic nitrogens is 1. The topological polar surface area (TPSA) is 62.7 Å². The van der Waals surface area contributed by atoms with E-state index in [9.17, 15) is 21.6 Å². The first-order valence-electron chi connectivity index (χ1n) is 9.23. The second-order valence-electron chi connectivity index (χ2n) is 8.78. The number of sulfonamides is 1. The summed E-state index contributed by atoms with van der Waals surface area (Å²) in [6, 6.07) is 2.11. The average molecular weight is 419 g/mol. The second-order valence-corrected chi connectivity index (χ2v) is 10.7. The van der Waals surface area contributed by atoms with Crippen molar-refractivity contribution in [2.75, 3.05) is 39.4 Å². The fourth-order valence-electron chi connectivity index (χ4n) is 4.38. The smallest absolute Gasteiger partial charge is 0.380 e. The van der Waals surface area contributed by atoms with Crippen LogP contribution in [0, 0.1) is 17.8 Å². The summed E-state index contributed by atoms with van der Waals surface area (Å²) in [5, 5.41) is 0. The van der Waals surface area contributed by atoms with Crippen LogP contribution in [-0.4, -0.2) is 68.0 Å². The summed E-state index contributed by atoms with van der Waals surface area (Å²) in [5.41, 5.74) is -1.10. The van der Waals surface area contributed by atoms with Gasteiger partial charge < -0.3 is 4.74 Å². The van der Waals surface area contributed by atoms with E-state index in [1.54, 1.807) is 0 Å². The summed E-state index contributed by atoms with van der Waals surface area (Å²) in [6.07, 6.45) is -4.60. The molecule has 3 aliphatic rings. The van der Waals surface area contributed by atoms with Gasteiger partial charge in [0, 0.05) is 43.1 Å². The van der Waals surface area contributed by atoms with Crippen LogP contribution in [0.5, 0.6) is 0 Å². The van der Waals surface area contributed by atoms with Gasteiger partial charge in [-0.15, -0.1) is 0 Å². The fraction of sp³-hybridized carbons (Fsp3) is 0.722. The highest BCUT2D eigenvalue weighted by Gasteiger charge is 2.58. The largest absolute Gasteiger partial charge is 0.433 e. The molecule has 1 aromatic rings. The quantitative estimate of drug-likeness (QED) is 0.748. The van der Waals surface area contributed by atoms with E-state index in [-0.39, 0.29) is 21.4 Å². The molecule has 0 aromatic carbocycles. The Kier molecular flexibility index (Phi) is 4.39. The standard InChI is InChI=1S/C18H24F3N3O3S/c1-12-14(4-5-15(22-12)18(19,20)21)28(25,26)24-8-17(9-24)6-23(7-17)13(2)16(3)10-27-11-16/h4-5,13H,6-11H2,1-3H3. The molecule has 6 nitrogen and oxygen atoms in total. The van der Waals surface area contributed by atoms with Gasteiger partial charge in [0.1, 0.15) is 10.6 Å². The van der Waals surface area contributed by atoms with Gasteiger partial charge in [-0.1, -0.05) is 6.92 Å². The Morgan fingerprint density at radius 3 is 2.25 bits per heavy atom. The van der Waals surface area contributed by atoms with Crippen molar-refractivity contribution in [2.24, 2.45) is 10.8 Å². The fourth-order valence-corrected chi connectivity index (χ4v) is 6.21. The molecule has 3 fully saturated rings. The molecule has 3 saturated heterocycles. The van der Waals surface area contributed by atoms with E-state index in [0.29, 0.717) is 19.1 Å². The monoisotopic (exact) mass is 419 g/mol. The molecule has 0 bridgehead atoms. The minimum Gasteiger partial charge on any atom is -0.380 e. The minimum atomic E-state index is -4.60. The van der Waals surface area contributed by atoms with Gasteiger partial charge in [-0.05, 0) is 26.0 Å². The van der Waals surface area contributed by atoms with E-state index < -0.39 is 21.9 Å². The molecular formula is C18H24F3N3O3S. The molecule has 3 aliphatic heterocycles. The third kappa shape index (κ3) is 3.05. The normalized spacial score (nSPS) is 25.6. The molecule has 0 aliphatic carbocycles. The summed E-state index contributed by atoms with van der Waals surface area (Å²) in [4.78, 5) is 5.65. The van der Waals surface area contributed by atoms with Crippen molar-refractivity contribution in [3.63, 3.8) is 0 Å². The Bertz CT molecular complexity index is 885. The first-order chi connectivity index (χ1) is 12.9. The number of rotatable bonds is 4. The highest BCUT2D eigenvalue weighted by molar-refractivity contribution is 7.89. The minimum absolute atomic E-state index is 0.0461. The Morgan fingerprint density at radius 2 is 1.79 bits per heavy atom. The lowest BCUT2D eigenvalue weighted by Crippen LogP contribution is -2.75. The Labute approximate surface area is 162 Å². The maximum absolute atomic E-state index is 12.8. The van der Waals surface area contributed by atoms with Crippen molar-refractivity contribution < 1.29 is 26.3 Å². The molecule has 1 atom stereocenters. The van der Waals surface area contributed by atoms with Crippen LogP contribution in [0.1, 0.15) is 25.2 Å². The van der Waals surface area contributed by atoms with Crippen LogP contribution in [0.3, 0.4) is 0 Å². The summed E-state index contributed by atoms with van der Waals surface area (Å²) in [5.74, 6) is 0. The molecule has 1 unspecified atom stereocenters. The predicted octanol–water partition coefficient (Wildman–Crippen LogP) is 2.14. The van der Waals surface area contributed by atoms with Crippen LogP contribution in [0.4, 0.5) is 13.2 Å². The molecule has 1 aromatic heterocycles. The first kappa shape index (κ1) is 20.1. The van der Waals surface area contributed by atoms with Crippen molar-refractivity contribution in [2.45, 2.75) is 37.9 Å². The van der Waals surface area contributed by atoms with E-state index >= 15 is 0 Å². The highest BCUT2D eigenvalue weighted by Crippen LogP contribution is 2.46. The summed E-state index contributed by atoms with van der Waals surface area (Å²) < 4.78 is 70.6. The van der Waals surface area contributed by atoms with Crippen molar-refractivity contribution in [1.82, 2.24) is 14.2 Å². The van der Waals surface area contributed by atoms with Crippen LogP contribution in [-0.2, 0) is 20.9 Å². The van der Waals surface area contributed by atoms with E-state index in [0.717, 1.165) is 38.4 Å². The number of ether oxygens (including phenoxy) is 1. The lowest BCUT2D eigenvalue weighted by molar-refractivity contribution is -0.182. The third-order valence-corrected chi connectivity index (χ3v) is 8.39. The number of hydrogen-bond donors (Lipinski definition) is 0. The Morgan fingerprint density at radius 1 is 1.18 bits per heavy atom. The molecule has 28 heavy (non-hydrogen) atoms. The lowest BCUT2D eigenvalue weighted by atomic mass is 9.70. The maximum atomic E-state index is 12.8. The van der Waals surface area contributed by atoms with Crippen LogP contribution in [0.2, 0.25) is 0 Å². The molecule has 0 amide bonds. The van der Waals surface area contributed by atoms with Gasteiger partial charge in [0.2, 0.25) is 10.0 Å². The molecule has 0 N–H and O–H groups in total. The van der Waals surface area contributed by atoms with Crippen molar-refractivity contribution >= 4 is 10.0 Å². The number of nitrogens with zero attached hydrogens (tertiary/aromatic N) is 3. The number of halogens is 3. The van der Waals surface area contributed by atoms with Crippen LogP contribution >= 0.6 is 0 Å². The van der Waals surface area contributed by atoms with Gasteiger partial charge in [0.15, 0.2) is 0 Å². The van der Waals surface area contributed by atoms with Gasteiger partial charge in [0.05, 0.1) is 18.9 Å². The number of pyridine rings is 1. The average Bonchev–Trinajstić information content (AvgIpc) is 2.48. The molecule has 10 heteroatoms. The second kappa shape index (κ2) is 6.13. The third-order valence-electron chi connectivity index (χ3n) is 6.47. The van der Waals surface area contributed by atoms with E-state index in [4.69, 9.17) is 4.74 Å². The van der Waals surface area contributed by atoms with Gasteiger partial charge in [-0.3, -0.25) is 4.90 Å². The lowest BCUT2D eigenvalue weighted by Gasteiger charge is -2.63. The predicted molar refractivity (Wildman–Crippen MR) is 95.1 cm³/mol. The molecule has 1 spiro atoms. The van der Waals surface area contributed by atoms with E-state index in [2.05, 4.69) is 23.7 Å². The number of alkyl halides is 3. The number of aryl methyl sites for hydroxylation is 1. The molecule has 4 rings (SSSR count). The zero-order valence-electron chi connectivity index (χ0n) is 16.1. The van der Waals surface area contributed by atoms with Gasteiger partial charge in [0.25, 0.3) is 0 Å². The molecule has 0 radical (unpaired) electrons. The van der Waals surface area contributed by atoms with Crippen LogP contribution < -0.4 is 0 Å². The SMILES string of the molecule is Cc1nc(C(F)(F)F)ccc1S(=O)(=O)N1CC2(CN(C(C)C3(C)COC3)C2)C1. The molecular weight excluding hydrogens is 395 g/mol.